The third-order valence-electron chi connectivity index (χ3n) is 2.88. The van der Waals surface area contributed by atoms with Crippen LogP contribution in [0.4, 0.5) is 0 Å². The topological polar surface area (TPSA) is 38.8 Å². The highest BCUT2D eigenvalue weighted by molar-refractivity contribution is 6.27. The molecule has 110 valence electrons. The molecule has 0 saturated carbocycles. The van der Waals surface area contributed by atoms with E-state index in [0.29, 0.717) is 13.2 Å². The molecule has 0 radical (unpaired) electrons. The minimum absolute atomic E-state index is 0.0583. The molecule has 1 aromatic rings. The summed E-state index contributed by atoms with van der Waals surface area (Å²) in [6.07, 6.45) is 1.89. The van der Waals surface area contributed by atoms with E-state index in [9.17, 15) is 4.79 Å². The van der Waals surface area contributed by atoms with Gasteiger partial charge in [0.25, 0.3) is 0 Å². The van der Waals surface area contributed by atoms with Crippen LogP contribution in [0.3, 0.4) is 0 Å². The van der Waals surface area contributed by atoms with Gasteiger partial charge in [-0.2, -0.15) is 0 Å². The number of benzene rings is 1. The van der Waals surface area contributed by atoms with Crippen LogP contribution in [0.2, 0.25) is 0 Å². The molecule has 0 bridgehead atoms. The number of methoxy groups -OCH3 is 2. The molecule has 1 rings (SSSR count). The number of allylic oxidation sites excluding steroid dienone is 1. The minimum Gasteiger partial charge on any atom is -0.497 e. The van der Waals surface area contributed by atoms with Crippen molar-refractivity contribution in [2.24, 2.45) is 0 Å². The summed E-state index contributed by atoms with van der Waals surface area (Å²) in [6.45, 7) is 2.81. The van der Waals surface area contributed by atoms with E-state index >= 15 is 0 Å². The monoisotopic (exact) mass is 297 g/mol. The predicted octanol–water partition coefficient (Wildman–Crippen LogP) is 2.77. The molecule has 1 aromatic carbocycles. The molecule has 4 nitrogen and oxygen atoms in total. The van der Waals surface area contributed by atoms with Crippen molar-refractivity contribution in [2.75, 3.05) is 33.3 Å². The van der Waals surface area contributed by atoms with Crippen LogP contribution >= 0.6 is 11.6 Å². The van der Waals surface area contributed by atoms with Gasteiger partial charge < -0.3 is 14.4 Å². The molecule has 0 aliphatic carbocycles. The lowest BCUT2D eigenvalue weighted by molar-refractivity contribution is -0.125. The summed E-state index contributed by atoms with van der Waals surface area (Å²) in [7, 11) is 3.22. The van der Waals surface area contributed by atoms with Gasteiger partial charge in [-0.3, -0.25) is 4.79 Å². The molecule has 0 aliphatic heterocycles. The number of hydrogen-bond acceptors (Lipinski definition) is 3. The highest BCUT2D eigenvalue weighted by Gasteiger charge is 2.17. The number of carbonyl (C=O) groups is 1. The molecule has 0 saturated heterocycles. The van der Waals surface area contributed by atoms with Gasteiger partial charge in [-0.15, -0.1) is 11.6 Å². The summed E-state index contributed by atoms with van der Waals surface area (Å²) >= 11 is 5.68. The van der Waals surface area contributed by atoms with Gasteiger partial charge in [-0.25, -0.2) is 0 Å². The van der Waals surface area contributed by atoms with Gasteiger partial charge in [0, 0.05) is 19.4 Å². The minimum atomic E-state index is -0.146. The first-order valence-electron chi connectivity index (χ1n) is 6.34. The van der Waals surface area contributed by atoms with Crippen LogP contribution in [0.15, 0.2) is 30.3 Å². The number of halogens is 1. The molecular weight excluding hydrogens is 278 g/mol. The Labute approximate surface area is 124 Å². The summed E-state index contributed by atoms with van der Waals surface area (Å²) in [5.74, 6) is 0.570. The van der Waals surface area contributed by atoms with Crippen molar-refractivity contribution in [3.8, 4) is 5.75 Å². The van der Waals surface area contributed by atoms with Gasteiger partial charge in [0.2, 0.25) is 5.91 Å². The Morgan fingerprint density at radius 3 is 2.40 bits per heavy atom. The molecule has 0 unspecified atom stereocenters. The van der Waals surface area contributed by atoms with Crippen molar-refractivity contribution in [3.63, 3.8) is 0 Å². The van der Waals surface area contributed by atoms with E-state index in [0.717, 1.165) is 17.0 Å². The van der Waals surface area contributed by atoms with Gasteiger partial charge in [0.1, 0.15) is 11.6 Å². The largest absolute Gasteiger partial charge is 0.497 e. The summed E-state index contributed by atoms with van der Waals surface area (Å²) in [6, 6.07) is 7.54. The van der Waals surface area contributed by atoms with E-state index in [1.807, 2.05) is 37.3 Å². The van der Waals surface area contributed by atoms with Crippen molar-refractivity contribution in [3.05, 3.63) is 35.9 Å². The van der Waals surface area contributed by atoms with Crippen molar-refractivity contribution in [1.82, 2.24) is 4.90 Å². The van der Waals surface area contributed by atoms with E-state index in [-0.39, 0.29) is 11.8 Å². The highest BCUT2D eigenvalue weighted by atomic mass is 35.5. The van der Waals surface area contributed by atoms with Crippen LogP contribution in [0.5, 0.6) is 5.75 Å². The molecule has 0 spiro atoms. The first kappa shape index (κ1) is 16.5. The molecule has 1 amide bonds. The van der Waals surface area contributed by atoms with Crippen molar-refractivity contribution in [1.29, 1.82) is 0 Å². The van der Waals surface area contributed by atoms with Gasteiger partial charge in [-0.1, -0.05) is 6.08 Å². The lowest BCUT2D eigenvalue weighted by Gasteiger charge is -2.25. The number of rotatable bonds is 7. The summed E-state index contributed by atoms with van der Waals surface area (Å²) < 4.78 is 10.2. The second-order valence-corrected chi connectivity index (χ2v) is 4.34. The summed E-state index contributed by atoms with van der Waals surface area (Å²) in [5, 5.41) is 0. The maximum atomic E-state index is 12.0. The maximum Gasteiger partial charge on any atom is 0.241 e. The average Bonchev–Trinajstić information content (AvgIpc) is 2.51. The van der Waals surface area contributed by atoms with Crippen molar-refractivity contribution < 1.29 is 14.3 Å². The Bertz CT molecular complexity index is 457. The molecule has 0 fully saturated rings. The van der Waals surface area contributed by atoms with Crippen LogP contribution < -0.4 is 4.74 Å². The molecule has 0 aliphatic rings. The SMILES string of the molecule is C/C=C(\c1ccc(OC)cc1)N(CCOC)C(=O)CCl. The normalized spacial score (nSPS) is 11.3. The number of carbonyl (C=O) groups excluding carboxylic acids is 1. The Hall–Kier alpha value is -1.52. The molecule has 0 atom stereocenters. The standard InChI is InChI=1S/C15H20ClNO3/c1-4-14(12-5-7-13(20-3)8-6-12)17(9-10-19-2)15(18)11-16/h4-8H,9-11H2,1-3H3/b14-4+. The zero-order valence-corrected chi connectivity index (χ0v) is 12.8. The summed E-state index contributed by atoms with van der Waals surface area (Å²) in [5.41, 5.74) is 1.75. The van der Waals surface area contributed by atoms with Crippen molar-refractivity contribution in [2.45, 2.75) is 6.92 Å². The Morgan fingerprint density at radius 1 is 1.30 bits per heavy atom. The number of ether oxygens (including phenoxy) is 2. The van der Waals surface area contributed by atoms with Crippen LogP contribution in [0.25, 0.3) is 5.70 Å². The molecule has 5 heteroatoms. The molecule has 20 heavy (non-hydrogen) atoms. The second-order valence-electron chi connectivity index (χ2n) is 4.07. The fourth-order valence-corrected chi connectivity index (χ4v) is 2.02. The van der Waals surface area contributed by atoms with Crippen LogP contribution in [0, 0.1) is 0 Å². The van der Waals surface area contributed by atoms with Crippen LogP contribution in [-0.2, 0) is 9.53 Å². The van der Waals surface area contributed by atoms with Crippen LogP contribution in [-0.4, -0.2) is 44.1 Å². The second kappa shape index (κ2) is 8.61. The third kappa shape index (κ3) is 4.25. The maximum absolute atomic E-state index is 12.0. The molecule has 0 aromatic heterocycles. The predicted molar refractivity (Wildman–Crippen MR) is 81.0 cm³/mol. The number of alkyl halides is 1. The van der Waals surface area contributed by atoms with Gasteiger partial charge >= 0.3 is 0 Å². The van der Waals surface area contributed by atoms with Crippen LogP contribution in [0.1, 0.15) is 12.5 Å². The fraction of sp³-hybridized carbons (Fsp3) is 0.400. The van der Waals surface area contributed by atoms with Gasteiger partial charge in [0.15, 0.2) is 0 Å². The molecule has 0 heterocycles. The van der Waals surface area contributed by atoms with Gasteiger partial charge in [0.05, 0.1) is 13.7 Å². The summed E-state index contributed by atoms with van der Waals surface area (Å²) in [4.78, 5) is 13.6. The van der Waals surface area contributed by atoms with Gasteiger partial charge in [-0.05, 0) is 36.8 Å². The van der Waals surface area contributed by atoms with E-state index in [2.05, 4.69) is 0 Å². The van der Waals surface area contributed by atoms with E-state index in [1.54, 1.807) is 19.1 Å². The number of amides is 1. The lowest BCUT2D eigenvalue weighted by atomic mass is 10.1. The van der Waals surface area contributed by atoms with E-state index in [1.165, 1.54) is 0 Å². The first-order chi connectivity index (χ1) is 9.67. The van der Waals surface area contributed by atoms with E-state index in [4.69, 9.17) is 21.1 Å². The van der Waals surface area contributed by atoms with Crippen molar-refractivity contribution >= 4 is 23.2 Å². The quantitative estimate of drug-likeness (QED) is 0.727. The van der Waals surface area contributed by atoms with E-state index < -0.39 is 0 Å². The molecular formula is C15H20ClNO3. The smallest absolute Gasteiger partial charge is 0.241 e. The Balaban J connectivity index is 3.02. The zero-order chi connectivity index (χ0) is 15.0. The lowest BCUT2D eigenvalue weighted by Crippen LogP contribution is -2.33. The molecule has 0 N–H and O–H groups in total. The highest BCUT2D eigenvalue weighted by Crippen LogP contribution is 2.22. The Kier molecular flexibility index (Phi) is 7.12. The number of nitrogens with zero attached hydrogens (tertiary/aromatic N) is 1. The third-order valence-corrected chi connectivity index (χ3v) is 3.11. The number of hydrogen-bond donors (Lipinski definition) is 0. The average molecular weight is 298 g/mol. The fourth-order valence-electron chi connectivity index (χ4n) is 1.87. The zero-order valence-electron chi connectivity index (χ0n) is 12.1. The Morgan fingerprint density at radius 2 is 1.95 bits per heavy atom. The first-order valence-corrected chi connectivity index (χ1v) is 6.87.